The summed E-state index contributed by atoms with van der Waals surface area (Å²) in [7, 11) is 0.883. The van der Waals surface area contributed by atoms with Gasteiger partial charge in [-0.2, -0.15) is 0 Å². The Balaban J connectivity index is 2.13. The van der Waals surface area contributed by atoms with E-state index in [0.29, 0.717) is 12.0 Å². The molecule has 0 spiro atoms. The van der Waals surface area contributed by atoms with Crippen molar-refractivity contribution in [3.05, 3.63) is 30.1 Å². The van der Waals surface area contributed by atoms with Crippen molar-refractivity contribution in [3.63, 3.8) is 0 Å². The molecule has 1 aliphatic carbocycles. The molecule has 1 N–H and O–H groups in total. The molecule has 1 aliphatic rings. The summed E-state index contributed by atoms with van der Waals surface area (Å²) in [5.41, 5.74) is 0. The normalized spacial score (nSPS) is 28.2. The van der Waals surface area contributed by atoms with Crippen LogP contribution in [0, 0.1) is 11.7 Å². The molecule has 0 aliphatic heterocycles. The maximum absolute atomic E-state index is 13.0. The Morgan fingerprint density at radius 2 is 2.00 bits per heavy atom. The molecule has 20 heavy (non-hydrogen) atoms. The number of halogens is 1. The van der Waals surface area contributed by atoms with Crippen molar-refractivity contribution in [2.45, 2.75) is 55.2 Å². The molecule has 1 saturated carbocycles. The Kier molecular flexibility index (Phi) is 5.73. The lowest BCUT2D eigenvalue weighted by molar-refractivity contribution is 0.292. The molecular formula is C16H24FNOS. The lowest BCUT2D eigenvalue weighted by atomic mass is 9.83. The molecule has 0 saturated heterocycles. The maximum atomic E-state index is 13.0. The molecular weight excluding hydrogens is 273 g/mol. The van der Waals surface area contributed by atoms with Crippen molar-refractivity contribution in [2.75, 3.05) is 7.05 Å². The van der Waals surface area contributed by atoms with Crippen LogP contribution in [0.3, 0.4) is 0 Å². The molecule has 0 radical (unpaired) electrons. The molecule has 112 valence electrons. The number of rotatable bonds is 5. The smallest absolute Gasteiger partial charge is 0.123 e. The van der Waals surface area contributed by atoms with E-state index in [0.717, 1.165) is 17.7 Å². The summed E-state index contributed by atoms with van der Waals surface area (Å²) in [6, 6.07) is 6.40. The Morgan fingerprint density at radius 1 is 1.30 bits per heavy atom. The summed E-state index contributed by atoms with van der Waals surface area (Å²) >= 11 is 0. The highest BCUT2D eigenvalue weighted by Gasteiger charge is 2.33. The van der Waals surface area contributed by atoms with Gasteiger partial charge < -0.3 is 5.32 Å². The molecule has 1 fully saturated rings. The van der Waals surface area contributed by atoms with Gasteiger partial charge in [0.1, 0.15) is 5.82 Å². The van der Waals surface area contributed by atoms with Crippen LogP contribution in [0.2, 0.25) is 0 Å². The minimum Gasteiger partial charge on any atom is -0.316 e. The molecule has 1 aromatic carbocycles. The summed E-state index contributed by atoms with van der Waals surface area (Å²) in [6.45, 7) is 2.20. The Bertz CT molecular complexity index is 448. The van der Waals surface area contributed by atoms with Crippen molar-refractivity contribution in [1.82, 2.24) is 5.32 Å². The Labute approximate surface area is 123 Å². The van der Waals surface area contributed by atoms with Crippen LogP contribution in [0.1, 0.15) is 39.0 Å². The molecule has 0 amide bonds. The summed E-state index contributed by atoms with van der Waals surface area (Å²) in [6.07, 6.45) is 5.71. The molecule has 0 bridgehead atoms. The second kappa shape index (κ2) is 7.32. The van der Waals surface area contributed by atoms with Crippen molar-refractivity contribution in [1.29, 1.82) is 0 Å². The largest absolute Gasteiger partial charge is 0.316 e. The first-order valence-corrected chi connectivity index (χ1v) is 8.70. The molecule has 4 unspecified atom stereocenters. The van der Waals surface area contributed by atoms with Gasteiger partial charge in [0.25, 0.3) is 0 Å². The number of hydrogen-bond donors (Lipinski definition) is 1. The highest BCUT2D eigenvalue weighted by Crippen LogP contribution is 2.32. The van der Waals surface area contributed by atoms with E-state index < -0.39 is 10.8 Å². The van der Waals surface area contributed by atoms with Gasteiger partial charge in [-0.25, -0.2) is 4.39 Å². The highest BCUT2D eigenvalue weighted by molar-refractivity contribution is 7.85. The van der Waals surface area contributed by atoms with Gasteiger partial charge in [-0.05, 0) is 56.5 Å². The average Bonchev–Trinajstić information content (AvgIpc) is 2.47. The van der Waals surface area contributed by atoms with Crippen LogP contribution in [0.15, 0.2) is 29.2 Å². The number of nitrogens with one attached hydrogen (secondary N) is 1. The first-order valence-electron chi connectivity index (χ1n) is 7.49. The third-order valence-electron chi connectivity index (χ3n) is 4.29. The molecule has 0 heterocycles. The monoisotopic (exact) mass is 297 g/mol. The van der Waals surface area contributed by atoms with Crippen LogP contribution >= 0.6 is 0 Å². The standard InChI is InChI=1S/C16H24FNOS/c1-3-4-12-5-10-15(18-2)16(11-12)20(19)14-8-6-13(17)7-9-14/h6-9,12,15-16,18H,3-5,10-11H2,1-2H3. The van der Waals surface area contributed by atoms with E-state index in [1.807, 2.05) is 7.05 Å². The molecule has 4 atom stereocenters. The van der Waals surface area contributed by atoms with Gasteiger partial charge in [-0.3, -0.25) is 4.21 Å². The first kappa shape index (κ1) is 15.6. The van der Waals surface area contributed by atoms with E-state index in [-0.39, 0.29) is 11.1 Å². The average molecular weight is 297 g/mol. The second-order valence-electron chi connectivity index (χ2n) is 5.65. The predicted octanol–water partition coefficient (Wildman–Crippen LogP) is 3.49. The highest BCUT2D eigenvalue weighted by atomic mass is 32.2. The van der Waals surface area contributed by atoms with Crippen LogP contribution in [-0.2, 0) is 10.8 Å². The van der Waals surface area contributed by atoms with Gasteiger partial charge in [0.05, 0.1) is 16.0 Å². The zero-order valence-electron chi connectivity index (χ0n) is 12.3. The van der Waals surface area contributed by atoms with Crippen LogP contribution in [0.5, 0.6) is 0 Å². The second-order valence-corrected chi connectivity index (χ2v) is 7.32. The summed E-state index contributed by atoms with van der Waals surface area (Å²) in [5, 5.41) is 3.45. The minimum absolute atomic E-state index is 0.135. The summed E-state index contributed by atoms with van der Waals surface area (Å²) < 4.78 is 25.8. The van der Waals surface area contributed by atoms with Gasteiger partial charge in [0, 0.05) is 10.9 Å². The fourth-order valence-corrected chi connectivity index (χ4v) is 4.96. The minimum atomic E-state index is -1.06. The van der Waals surface area contributed by atoms with E-state index in [4.69, 9.17) is 0 Å². The maximum Gasteiger partial charge on any atom is 0.123 e. The fourth-order valence-electron chi connectivity index (χ4n) is 3.19. The first-order chi connectivity index (χ1) is 9.65. The van der Waals surface area contributed by atoms with Crippen LogP contribution in [0.4, 0.5) is 4.39 Å². The van der Waals surface area contributed by atoms with Gasteiger partial charge in [-0.1, -0.05) is 19.8 Å². The van der Waals surface area contributed by atoms with E-state index >= 15 is 0 Å². The number of benzene rings is 1. The molecule has 0 aromatic heterocycles. The van der Waals surface area contributed by atoms with Crippen molar-refractivity contribution < 1.29 is 8.60 Å². The zero-order chi connectivity index (χ0) is 14.5. The van der Waals surface area contributed by atoms with E-state index in [9.17, 15) is 8.60 Å². The summed E-state index contributed by atoms with van der Waals surface area (Å²) in [5.74, 6) is 0.405. The third-order valence-corrected chi connectivity index (χ3v) is 6.10. The van der Waals surface area contributed by atoms with Gasteiger partial charge in [0.15, 0.2) is 0 Å². The summed E-state index contributed by atoms with van der Waals surface area (Å²) in [4.78, 5) is 0.744. The molecule has 4 heteroatoms. The lowest BCUT2D eigenvalue weighted by Gasteiger charge is -2.35. The van der Waals surface area contributed by atoms with Gasteiger partial charge in [0.2, 0.25) is 0 Å². The van der Waals surface area contributed by atoms with E-state index in [1.54, 1.807) is 12.1 Å². The predicted molar refractivity (Wildman–Crippen MR) is 81.7 cm³/mol. The zero-order valence-corrected chi connectivity index (χ0v) is 13.1. The molecule has 2 rings (SSSR count). The topological polar surface area (TPSA) is 29.1 Å². The third kappa shape index (κ3) is 3.67. The van der Waals surface area contributed by atoms with Crippen molar-refractivity contribution in [3.8, 4) is 0 Å². The Hall–Kier alpha value is -0.740. The molecule has 2 nitrogen and oxygen atoms in total. The Morgan fingerprint density at radius 3 is 2.60 bits per heavy atom. The van der Waals surface area contributed by atoms with Crippen molar-refractivity contribution in [2.24, 2.45) is 5.92 Å². The SMILES string of the molecule is CCCC1CCC(NC)C(S(=O)c2ccc(F)cc2)C1. The lowest BCUT2D eigenvalue weighted by Crippen LogP contribution is -2.44. The van der Waals surface area contributed by atoms with Crippen LogP contribution < -0.4 is 5.32 Å². The molecule has 1 aromatic rings. The van der Waals surface area contributed by atoms with Crippen molar-refractivity contribution >= 4 is 10.8 Å². The van der Waals surface area contributed by atoms with Gasteiger partial charge in [-0.15, -0.1) is 0 Å². The quantitative estimate of drug-likeness (QED) is 0.901. The van der Waals surface area contributed by atoms with Crippen LogP contribution in [0.25, 0.3) is 0 Å². The van der Waals surface area contributed by atoms with E-state index in [2.05, 4.69) is 12.2 Å². The fraction of sp³-hybridized carbons (Fsp3) is 0.625. The number of hydrogen-bond acceptors (Lipinski definition) is 2. The van der Waals surface area contributed by atoms with Gasteiger partial charge >= 0.3 is 0 Å². The van der Waals surface area contributed by atoms with E-state index in [1.165, 1.54) is 31.4 Å². The van der Waals surface area contributed by atoms with Crippen LogP contribution in [-0.4, -0.2) is 22.5 Å².